The number of aliphatic imine (C=N–C) groups is 4. The first-order chi connectivity index (χ1) is 40.7. The van der Waals surface area contributed by atoms with E-state index < -0.39 is 11.8 Å². The molecule has 0 bridgehead atoms. The minimum Gasteiger partial charge on any atom is -0.192 e. The van der Waals surface area contributed by atoms with Gasteiger partial charge in [-0.05, 0) is 108 Å². The summed E-state index contributed by atoms with van der Waals surface area (Å²) in [5.74, 6) is 7.89. The van der Waals surface area contributed by atoms with Crippen molar-refractivity contribution in [3.05, 3.63) is 248 Å². The second-order valence-electron chi connectivity index (χ2n) is 22.7. The third kappa shape index (κ3) is 4.30. The molecule has 376 valence electrons. The zero-order valence-corrected chi connectivity index (χ0v) is 49.3. The van der Waals surface area contributed by atoms with E-state index >= 15 is 0 Å². The van der Waals surface area contributed by atoms with Gasteiger partial charge in [0.2, 0.25) is 45.2 Å². The maximum atomic E-state index is 5.79. The maximum absolute atomic E-state index is 5.79. The molecule has 24 rings (SSSR count). The van der Waals surface area contributed by atoms with Crippen molar-refractivity contribution in [2.45, 2.75) is 11.8 Å². The fourth-order valence-electron chi connectivity index (χ4n) is 16.2. The molecule has 0 N–H and O–H groups in total. The van der Waals surface area contributed by atoms with Crippen LogP contribution in [0, 0.1) is 0 Å². The fourth-order valence-corrected chi connectivity index (χ4v) is 16.2. The second-order valence-corrected chi connectivity index (χ2v) is 22.7. The van der Waals surface area contributed by atoms with Crippen LogP contribution < -0.4 is 22.0 Å². The summed E-state index contributed by atoms with van der Waals surface area (Å²) in [5.41, 5.74) is 13.6. The Morgan fingerprint density at radius 1 is 0.250 bits per heavy atom. The zero-order valence-electron chi connectivity index (χ0n) is 43.6. The number of nitrogens with zero attached hydrogens (tertiary/aromatic N) is 16. The number of hydrogen-bond acceptors (Lipinski definition) is 8. The molecule has 2 spiro atoms. The van der Waals surface area contributed by atoms with Gasteiger partial charge in [-0.1, -0.05) is 125 Å². The average molecular weight is 1220 g/mol. The molecule has 2 unspecified atom stereocenters. The van der Waals surface area contributed by atoms with Gasteiger partial charge in [-0.25, -0.2) is 0 Å². The summed E-state index contributed by atoms with van der Waals surface area (Å²) < 4.78 is 18.9. The molecule has 18 heteroatoms. The molecule has 16 nitrogen and oxygen atoms in total. The van der Waals surface area contributed by atoms with Crippen molar-refractivity contribution in [2.75, 3.05) is 0 Å². The predicted molar refractivity (Wildman–Crippen MR) is 306 cm³/mol. The van der Waals surface area contributed by atoms with Crippen LogP contribution in [0.2, 0.25) is 0 Å². The molecule has 8 aromatic carbocycles. The molecule has 2 radical (unpaired) electrons. The first kappa shape index (κ1) is 44.3. The first-order valence-electron chi connectivity index (χ1n) is 27.6. The quantitative estimate of drug-likeness (QED) is 0.152. The van der Waals surface area contributed by atoms with Gasteiger partial charge >= 0.3 is 11.8 Å². The molecule has 2 atom stereocenters. The number of hydrogen-bond donors (Lipinski definition) is 0. The Bertz CT molecular complexity index is 5770. The summed E-state index contributed by atoms with van der Waals surface area (Å²) in [5, 5.41) is 8.30. The second kappa shape index (κ2) is 14.0. The molecule has 0 fully saturated rings. The number of rotatable bonds is 1. The number of fused-ring (bicyclic) bond motifs is 24. The topological polar surface area (TPSA) is 131 Å². The molecule has 12 aliphatic rings. The van der Waals surface area contributed by atoms with Crippen LogP contribution in [0.3, 0.4) is 0 Å². The Hall–Kier alpha value is -9.31. The van der Waals surface area contributed by atoms with Gasteiger partial charge in [0, 0.05) is 109 Å². The van der Waals surface area contributed by atoms with Crippen molar-refractivity contribution in [1.29, 1.82) is 0 Å². The van der Waals surface area contributed by atoms with Crippen LogP contribution in [0.1, 0.15) is 44.5 Å². The van der Waals surface area contributed by atoms with Crippen molar-refractivity contribution >= 4 is 113 Å². The molecular formula is C66H30N16Y2+4. The van der Waals surface area contributed by atoms with E-state index in [1.165, 1.54) is 0 Å². The van der Waals surface area contributed by atoms with E-state index in [1.807, 2.05) is 0 Å². The first-order valence-corrected chi connectivity index (χ1v) is 27.6. The summed E-state index contributed by atoms with van der Waals surface area (Å²) in [7, 11) is 0. The van der Waals surface area contributed by atoms with E-state index in [9.17, 15) is 0 Å². The zero-order chi connectivity index (χ0) is 52.1. The fraction of sp³-hybridized carbons (Fsp3) is 0.0303. The van der Waals surface area contributed by atoms with Crippen LogP contribution in [0.5, 0.6) is 0 Å². The van der Waals surface area contributed by atoms with Crippen LogP contribution in [0.25, 0.3) is 54.2 Å². The summed E-state index contributed by atoms with van der Waals surface area (Å²) in [4.78, 5) is 45.4. The van der Waals surface area contributed by atoms with Crippen LogP contribution in [0.15, 0.2) is 222 Å². The van der Waals surface area contributed by atoms with Gasteiger partial charge in [0.15, 0.2) is 0 Å². The van der Waals surface area contributed by atoms with Gasteiger partial charge in [0.05, 0.1) is 44.5 Å². The summed E-state index contributed by atoms with van der Waals surface area (Å²) in [6.07, 6.45) is 0. The summed E-state index contributed by atoms with van der Waals surface area (Å²) >= 11 is 0. The number of amidine groups is 8. The third-order valence-electron chi connectivity index (χ3n) is 19.3. The van der Waals surface area contributed by atoms with Crippen molar-refractivity contribution in [1.82, 2.24) is 18.3 Å². The van der Waals surface area contributed by atoms with Gasteiger partial charge in [-0.3, -0.25) is 0 Å². The maximum Gasteiger partial charge on any atom is 0.404 e. The normalized spacial score (nSPS) is 20.5. The molecule has 0 saturated heterocycles. The monoisotopic (exact) mass is 1220 g/mol. The van der Waals surface area contributed by atoms with Gasteiger partial charge in [0.25, 0.3) is 46.7 Å². The van der Waals surface area contributed by atoms with Crippen molar-refractivity contribution in [3.63, 3.8) is 0 Å². The number of benzene rings is 8. The summed E-state index contributed by atoms with van der Waals surface area (Å²) in [6, 6.07) is 65.0. The van der Waals surface area contributed by atoms with E-state index in [0.717, 1.165) is 191 Å². The molecule has 12 aromatic rings. The molecule has 0 amide bonds. The predicted octanol–water partition coefficient (Wildman–Crippen LogP) is 7.39. The van der Waals surface area contributed by atoms with Gasteiger partial charge in [-0.2, -0.15) is 18.3 Å². The third-order valence-corrected chi connectivity index (χ3v) is 19.3. The van der Waals surface area contributed by atoms with E-state index in [1.54, 1.807) is 0 Å². The Kier molecular flexibility index (Phi) is 7.39. The van der Waals surface area contributed by atoms with Gasteiger partial charge in [-0.15, -0.1) is 18.3 Å². The van der Waals surface area contributed by atoms with Gasteiger partial charge < -0.3 is 0 Å². The largest absolute Gasteiger partial charge is 0.404 e. The standard InChI is InChI=1S/C66H30N16.2Y/c1-3-15-35-33(13-1)49-67-53-37-17-5-7-19-39(37)57-71-61-45-27-25-31(29-47(45)63-73-59-43-23-11-9-21-41(43)55-69-51(35)75(49)65(77(53)57,79(55)59)81(61)63)32-26-28-46-48(30-32)64-74-60-44-24-12-10-22-42(44)56-70-52-36-16-4-2-14-34(36)50-68-54-38-18-6-8-20-40(38)58-72-62(46)82(64)66(76(50)52,78(54)58)80(56)60;;/h1-30H;;/q+4;;. The average Bonchev–Trinajstić information content (AvgIpc) is 1.47. The smallest absolute Gasteiger partial charge is 0.192 e. The van der Waals surface area contributed by atoms with Gasteiger partial charge in [0.1, 0.15) is 0 Å². The van der Waals surface area contributed by atoms with Crippen LogP contribution in [0.4, 0.5) is 23.3 Å². The van der Waals surface area contributed by atoms with Crippen LogP contribution in [-0.4, -0.2) is 83.3 Å². The van der Waals surface area contributed by atoms with E-state index in [-0.39, 0.29) is 65.4 Å². The van der Waals surface area contributed by atoms with Crippen LogP contribution >= 0.6 is 0 Å². The molecule has 0 saturated carbocycles. The minimum absolute atomic E-state index is 0. The van der Waals surface area contributed by atoms with E-state index in [2.05, 4.69) is 219 Å². The van der Waals surface area contributed by atoms with Crippen molar-refractivity contribution in [3.8, 4) is 11.1 Å². The molecule has 16 heterocycles. The Morgan fingerprint density at radius 3 is 0.833 bits per heavy atom. The van der Waals surface area contributed by atoms with E-state index in [4.69, 9.17) is 39.9 Å². The molecule has 12 aliphatic heterocycles. The van der Waals surface area contributed by atoms with E-state index in [0.29, 0.717) is 0 Å². The van der Waals surface area contributed by atoms with Crippen LogP contribution in [-0.2, 0) is 77.2 Å². The molecular weight excluding hydrogens is 1190 g/mol. The minimum atomic E-state index is -1.10. The van der Waals surface area contributed by atoms with Crippen molar-refractivity contribution in [2.24, 2.45) is 39.9 Å². The Labute approximate surface area is 521 Å². The Morgan fingerprint density at radius 2 is 0.512 bits per heavy atom. The molecule has 0 aliphatic carbocycles. The van der Waals surface area contributed by atoms with Crippen molar-refractivity contribution < 1.29 is 83.7 Å². The summed E-state index contributed by atoms with van der Waals surface area (Å²) in [6.45, 7) is 0. The Balaban J connectivity index is 0.00000240. The molecule has 4 aromatic heterocycles. The SMILES string of the molecule is [Y].[Y].c1ccc2c(c1)C1=Nc3c4ccccc4c4n3C35n6c(c7ccccc7c6=NC6=[N+]3C(=N4)c3cc(-c4ccc7c(c4)C4=Nc8c9ccccc9c9n8C8%10n%11c(c%12ccccc%12c%11=NC7=[N+]48)=NC4=[N+]%10C(=N9)c7ccccc74)ccc36)=NC2=[N+]15. The molecule has 84 heavy (non-hydrogen) atoms. The number of aromatic nitrogens is 4.